The van der Waals surface area contributed by atoms with E-state index in [-0.39, 0.29) is 23.7 Å². The molecule has 0 aliphatic carbocycles. The number of hydrogen-bond donors (Lipinski definition) is 0. The summed E-state index contributed by atoms with van der Waals surface area (Å²) in [6, 6.07) is 8.63. The van der Waals surface area contributed by atoms with Gasteiger partial charge in [-0.05, 0) is 6.42 Å². The van der Waals surface area contributed by atoms with E-state index in [1.54, 1.807) is 30.3 Å². The fourth-order valence-electron chi connectivity index (χ4n) is 1.51. The standard InChI is InChI=1S/C14H17F3OS/c1-2-14(16,17)10-12(15)8-9-19-13(18)11-6-4-3-5-7-11/h3-7,12H,2,8-10H2,1H3. The molecule has 0 saturated heterocycles. The van der Waals surface area contributed by atoms with E-state index < -0.39 is 18.5 Å². The summed E-state index contributed by atoms with van der Waals surface area (Å²) in [6.45, 7) is 1.33. The second kappa shape index (κ2) is 7.58. The van der Waals surface area contributed by atoms with Gasteiger partial charge in [0.25, 0.3) is 5.92 Å². The van der Waals surface area contributed by atoms with Crippen LogP contribution in [0.3, 0.4) is 0 Å². The van der Waals surface area contributed by atoms with E-state index >= 15 is 0 Å². The number of carbonyl (C=O) groups is 1. The van der Waals surface area contributed by atoms with Gasteiger partial charge in [-0.25, -0.2) is 13.2 Å². The summed E-state index contributed by atoms with van der Waals surface area (Å²) in [7, 11) is 0. The van der Waals surface area contributed by atoms with E-state index in [9.17, 15) is 18.0 Å². The highest BCUT2D eigenvalue weighted by molar-refractivity contribution is 8.14. The Bertz CT molecular complexity index is 395. The first-order chi connectivity index (χ1) is 8.94. The number of hydrogen-bond acceptors (Lipinski definition) is 2. The van der Waals surface area contributed by atoms with Gasteiger partial charge in [-0.2, -0.15) is 0 Å². The lowest BCUT2D eigenvalue weighted by Crippen LogP contribution is -2.21. The molecule has 1 aromatic rings. The lowest BCUT2D eigenvalue weighted by Gasteiger charge is -2.16. The van der Waals surface area contributed by atoms with E-state index in [2.05, 4.69) is 0 Å². The molecule has 0 aliphatic heterocycles. The van der Waals surface area contributed by atoms with Crippen LogP contribution in [0.5, 0.6) is 0 Å². The number of benzene rings is 1. The molecule has 5 heteroatoms. The van der Waals surface area contributed by atoms with Crippen molar-refractivity contribution in [2.24, 2.45) is 0 Å². The van der Waals surface area contributed by atoms with Crippen LogP contribution in [-0.4, -0.2) is 23.0 Å². The molecule has 0 aliphatic rings. The molecule has 106 valence electrons. The van der Waals surface area contributed by atoms with Crippen LogP contribution in [0, 0.1) is 0 Å². The van der Waals surface area contributed by atoms with E-state index in [0.717, 1.165) is 11.8 Å². The lowest BCUT2D eigenvalue weighted by molar-refractivity contribution is -0.0316. The van der Waals surface area contributed by atoms with Gasteiger partial charge in [-0.3, -0.25) is 4.79 Å². The zero-order chi connectivity index (χ0) is 14.3. The van der Waals surface area contributed by atoms with Crippen molar-refractivity contribution < 1.29 is 18.0 Å². The predicted molar refractivity (Wildman–Crippen MR) is 72.6 cm³/mol. The maximum absolute atomic E-state index is 13.3. The van der Waals surface area contributed by atoms with Crippen molar-refractivity contribution in [1.82, 2.24) is 0 Å². The third-order valence-corrected chi connectivity index (χ3v) is 3.65. The minimum Gasteiger partial charge on any atom is -0.282 e. The van der Waals surface area contributed by atoms with Crippen LogP contribution in [0.25, 0.3) is 0 Å². The lowest BCUT2D eigenvalue weighted by atomic mass is 10.1. The van der Waals surface area contributed by atoms with Crippen LogP contribution in [0.1, 0.15) is 36.5 Å². The average molecular weight is 290 g/mol. The summed E-state index contributed by atoms with van der Waals surface area (Å²) < 4.78 is 39.2. The fourth-order valence-corrected chi connectivity index (χ4v) is 2.37. The van der Waals surface area contributed by atoms with Gasteiger partial charge >= 0.3 is 0 Å². The van der Waals surface area contributed by atoms with E-state index in [0.29, 0.717) is 5.56 Å². The first-order valence-corrected chi connectivity index (χ1v) is 7.17. The smallest absolute Gasteiger partial charge is 0.250 e. The molecule has 0 heterocycles. The van der Waals surface area contributed by atoms with Crippen LogP contribution in [0.2, 0.25) is 0 Å². The highest BCUT2D eigenvalue weighted by atomic mass is 32.2. The van der Waals surface area contributed by atoms with Crippen molar-refractivity contribution >= 4 is 16.9 Å². The SMILES string of the molecule is CCC(F)(F)CC(F)CCSC(=O)c1ccccc1. The Morgan fingerprint density at radius 1 is 1.32 bits per heavy atom. The Balaban J connectivity index is 2.29. The van der Waals surface area contributed by atoms with Gasteiger partial charge in [0, 0.05) is 24.2 Å². The molecule has 19 heavy (non-hydrogen) atoms. The van der Waals surface area contributed by atoms with Crippen LogP contribution >= 0.6 is 11.8 Å². The minimum atomic E-state index is -2.95. The third kappa shape index (κ3) is 6.14. The molecule has 1 atom stereocenters. The van der Waals surface area contributed by atoms with Crippen molar-refractivity contribution in [3.8, 4) is 0 Å². The van der Waals surface area contributed by atoms with Crippen molar-refractivity contribution in [2.75, 3.05) is 5.75 Å². The number of thioether (sulfide) groups is 1. The normalized spacial score (nSPS) is 13.3. The van der Waals surface area contributed by atoms with Crippen LogP contribution in [-0.2, 0) is 0 Å². The minimum absolute atomic E-state index is 0.0289. The zero-order valence-electron chi connectivity index (χ0n) is 10.7. The van der Waals surface area contributed by atoms with Gasteiger partial charge in [0.1, 0.15) is 6.17 Å². The van der Waals surface area contributed by atoms with E-state index in [1.807, 2.05) is 0 Å². The summed E-state index contributed by atoms with van der Waals surface area (Å²) in [5.41, 5.74) is 0.543. The second-order valence-electron chi connectivity index (χ2n) is 4.30. The second-order valence-corrected chi connectivity index (χ2v) is 5.37. The molecule has 1 rings (SSSR count). The highest BCUT2D eigenvalue weighted by Crippen LogP contribution is 2.27. The van der Waals surface area contributed by atoms with Gasteiger partial charge in [0.2, 0.25) is 5.12 Å². The molecule has 0 N–H and O–H groups in total. The number of carbonyl (C=O) groups excluding carboxylic acids is 1. The topological polar surface area (TPSA) is 17.1 Å². The zero-order valence-corrected chi connectivity index (χ0v) is 11.6. The monoisotopic (exact) mass is 290 g/mol. The maximum atomic E-state index is 13.3. The fraction of sp³-hybridized carbons (Fsp3) is 0.500. The Morgan fingerprint density at radius 3 is 2.53 bits per heavy atom. The quantitative estimate of drug-likeness (QED) is 0.722. The van der Waals surface area contributed by atoms with Crippen molar-refractivity contribution in [3.63, 3.8) is 0 Å². The summed E-state index contributed by atoms with van der Waals surface area (Å²) in [5, 5.41) is -0.157. The molecule has 0 saturated carbocycles. The average Bonchev–Trinajstić information content (AvgIpc) is 2.39. The van der Waals surface area contributed by atoms with Crippen molar-refractivity contribution in [2.45, 2.75) is 38.3 Å². The Kier molecular flexibility index (Phi) is 6.42. The van der Waals surface area contributed by atoms with Gasteiger partial charge in [0.05, 0.1) is 0 Å². The Labute approximate surface area is 115 Å². The molecule has 0 amide bonds. The maximum Gasteiger partial charge on any atom is 0.250 e. The molecule has 0 fully saturated rings. The van der Waals surface area contributed by atoms with Crippen molar-refractivity contribution in [3.05, 3.63) is 35.9 Å². The molecule has 0 aromatic heterocycles. The van der Waals surface area contributed by atoms with Gasteiger partial charge in [-0.1, -0.05) is 49.0 Å². The van der Waals surface area contributed by atoms with Crippen molar-refractivity contribution in [1.29, 1.82) is 0 Å². The molecule has 1 unspecified atom stereocenters. The van der Waals surface area contributed by atoms with E-state index in [4.69, 9.17) is 0 Å². The highest BCUT2D eigenvalue weighted by Gasteiger charge is 2.30. The summed E-state index contributed by atoms with van der Waals surface area (Å²) in [4.78, 5) is 11.7. The number of halogens is 3. The number of alkyl halides is 3. The summed E-state index contributed by atoms with van der Waals surface area (Å²) in [5.74, 6) is -2.73. The number of rotatable bonds is 7. The first-order valence-electron chi connectivity index (χ1n) is 6.18. The predicted octanol–water partition coefficient (Wildman–Crippen LogP) is 4.72. The Morgan fingerprint density at radius 2 is 1.95 bits per heavy atom. The molecule has 0 spiro atoms. The summed E-state index contributed by atoms with van der Waals surface area (Å²) in [6.07, 6.45) is -2.71. The summed E-state index contributed by atoms with van der Waals surface area (Å²) >= 11 is 0.968. The molecule has 1 aromatic carbocycles. The van der Waals surface area contributed by atoms with Crippen LogP contribution < -0.4 is 0 Å². The van der Waals surface area contributed by atoms with Crippen LogP contribution in [0.4, 0.5) is 13.2 Å². The molecular formula is C14H17F3OS. The molecule has 0 radical (unpaired) electrons. The van der Waals surface area contributed by atoms with E-state index in [1.165, 1.54) is 6.92 Å². The molecule has 0 bridgehead atoms. The Hall–Kier alpha value is -0.970. The largest absolute Gasteiger partial charge is 0.282 e. The van der Waals surface area contributed by atoms with Gasteiger partial charge < -0.3 is 0 Å². The molecule has 1 nitrogen and oxygen atoms in total. The van der Waals surface area contributed by atoms with Gasteiger partial charge in [-0.15, -0.1) is 0 Å². The van der Waals surface area contributed by atoms with Gasteiger partial charge in [0.15, 0.2) is 0 Å². The van der Waals surface area contributed by atoms with Crippen LogP contribution in [0.15, 0.2) is 30.3 Å². The first kappa shape index (κ1) is 16.1. The molecular weight excluding hydrogens is 273 g/mol. The third-order valence-electron chi connectivity index (χ3n) is 2.71.